The zero-order valence-electron chi connectivity index (χ0n) is 13.7. The molecule has 0 aliphatic rings. The second-order valence-corrected chi connectivity index (χ2v) is 5.50. The predicted molar refractivity (Wildman–Crippen MR) is 93.3 cm³/mol. The number of ether oxygens (including phenoxy) is 1. The average Bonchev–Trinajstić information content (AvgIpc) is 2.61. The number of hydrogen-bond donors (Lipinski definition) is 2. The quantitative estimate of drug-likeness (QED) is 0.766. The van der Waals surface area contributed by atoms with Crippen LogP contribution in [0.4, 0.5) is 5.69 Å². The molecule has 0 aliphatic carbocycles. The normalized spacial score (nSPS) is 11.6. The first-order valence-corrected chi connectivity index (χ1v) is 7.93. The molecule has 0 radical (unpaired) electrons. The molecule has 0 saturated heterocycles. The van der Waals surface area contributed by atoms with Crippen LogP contribution in [0.25, 0.3) is 0 Å². The van der Waals surface area contributed by atoms with E-state index in [4.69, 9.17) is 10.5 Å². The van der Waals surface area contributed by atoms with Gasteiger partial charge in [0.15, 0.2) is 0 Å². The van der Waals surface area contributed by atoms with Gasteiger partial charge >= 0.3 is 5.97 Å². The SMILES string of the molecule is CCc1ccc(NC(=O)[C@@H](N)CC(=O)OCc2ccccc2)cc1. The second-order valence-electron chi connectivity index (χ2n) is 5.50. The van der Waals surface area contributed by atoms with Gasteiger partial charge in [-0.15, -0.1) is 0 Å². The number of hydrogen-bond acceptors (Lipinski definition) is 4. The van der Waals surface area contributed by atoms with E-state index in [-0.39, 0.29) is 13.0 Å². The Bertz CT molecular complexity index is 669. The Balaban J connectivity index is 1.78. The third kappa shape index (κ3) is 5.52. The van der Waals surface area contributed by atoms with Crippen LogP contribution in [0.3, 0.4) is 0 Å². The van der Waals surface area contributed by atoms with Gasteiger partial charge in [-0.25, -0.2) is 0 Å². The standard InChI is InChI=1S/C19H22N2O3/c1-2-14-8-10-16(11-9-14)21-19(23)17(20)12-18(22)24-13-15-6-4-3-5-7-15/h3-11,17H,2,12-13,20H2,1H3,(H,21,23)/t17-/m0/s1. The first kappa shape index (κ1) is 17.7. The fraction of sp³-hybridized carbons (Fsp3) is 0.263. The molecule has 126 valence electrons. The number of carbonyl (C=O) groups excluding carboxylic acids is 2. The van der Waals surface area contributed by atoms with Crippen LogP contribution in [0.1, 0.15) is 24.5 Å². The molecular weight excluding hydrogens is 304 g/mol. The molecule has 0 unspecified atom stereocenters. The summed E-state index contributed by atoms with van der Waals surface area (Å²) >= 11 is 0. The van der Waals surface area contributed by atoms with Crippen molar-refractivity contribution in [2.75, 3.05) is 5.32 Å². The van der Waals surface area contributed by atoms with Crippen LogP contribution in [0, 0.1) is 0 Å². The van der Waals surface area contributed by atoms with E-state index in [1.807, 2.05) is 54.6 Å². The largest absolute Gasteiger partial charge is 0.461 e. The lowest BCUT2D eigenvalue weighted by atomic mass is 10.1. The smallest absolute Gasteiger partial charge is 0.308 e. The molecule has 5 heteroatoms. The third-order valence-corrected chi connectivity index (χ3v) is 3.60. The van der Waals surface area contributed by atoms with Crippen molar-refractivity contribution in [3.8, 4) is 0 Å². The van der Waals surface area contributed by atoms with Gasteiger partial charge in [0, 0.05) is 5.69 Å². The zero-order valence-corrected chi connectivity index (χ0v) is 13.7. The van der Waals surface area contributed by atoms with Crippen molar-refractivity contribution in [2.45, 2.75) is 32.4 Å². The highest BCUT2D eigenvalue weighted by atomic mass is 16.5. The van der Waals surface area contributed by atoms with Crippen LogP contribution in [0.15, 0.2) is 54.6 Å². The van der Waals surface area contributed by atoms with Crippen LogP contribution in [0.5, 0.6) is 0 Å². The number of carbonyl (C=O) groups is 2. The van der Waals surface area contributed by atoms with Gasteiger partial charge in [0.2, 0.25) is 5.91 Å². The summed E-state index contributed by atoms with van der Waals surface area (Å²) in [5.74, 6) is -0.904. The van der Waals surface area contributed by atoms with Crippen LogP contribution in [0.2, 0.25) is 0 Å². The minimum Gasteiger partial charge on any atom is -0.461 e. The van der Waals surface area contributed by atoms with Gasteiger partial charge in [-0.1, -0.05) is 49.4 Å². The fourth-order valence-corrected chi connectivity index (χ4v) is 2.13. The Morgan fingerprint density at radius 1 is 1.04 bits per heavy atom. The summed E-state index contributed by atoms with van der Waals surface area (Å²) in [5, 5.41) is 2.70. The van der Waals surface area contributed by atoms with Crippen LogP contribution < -0.4 is 11.1 Å². The van der Waals surface area contributed by atoms with E-state index in [0.29, 0.717) is 5.69 Å². The van der Waals surface area contributed by atoms with E-state index in [0.717, 1.165) is 12.0 Å². The van der Waals surface area contributed by atoms with Crippen molar-refractivity contribution in [3.05, 3.63) is 65.7 Å². The molecule has 2 aromatic rings. The number of rotatable bonds is 7. The van der Waals surface area contributed by atoms with Gasteiger partial charge in [-0.2, -0.15) is 0 Å². The zero-order chi connectivity index (χ0) is 17.4. The molecule has 0 aromatic heterocycles. The molecule has 0 fully saturated rings. The van der Waals surface area contributed by atoms with Gasteiger partial charge in [0.05, 0.1) is 12.5 Å². The Kier molecular flexibility index (Phi) is 6.51. The lowest BCUT2D eigenvalue weighted by Gasteiger charge is -2.12. The maximum absolute atomic E-state index is 12.0. The van der Waals surface area contributed by atoms with E-state index < -0.39 is 17.9 Å². The van der Waals surface area contributed by atoms with Crippen molar-refractivity contribution >= 4 is 17.6 Å². The van der Waals surface area contributed by atoms with Crippen LogP contribution in [-0.4, -0.2) is 17.9 Å². The molecule has 2 rings (SSSR count). The molecular formula is C19H22N2O3. The number of anilines is 1. The maximum Gasteiger partial charge on any atom is 0.308 e. The van der Waals surface area contributed by atoms with Crippen molar-refractivity contribution in [1.29, 1.82) is 0 Å². The fourth-order valence-electron chi connectivity index (χ4n) is 2.13. The number of aryl methyl sites for hydroxylation is 1. The Hall–Kier alpha value is -2.66. The summed E-state index contributed by atoms with van der Waals surface area (Å²) in [7, 11) is 0. The van der Waals surface area contributed by atoms with Gasteiger partial charge in [0.25, 0.3) is 0 Å². The third-order valence-electron chi connectivity index (χ3n) is 3.60. The number of nitrogens with two attached hydrogens (primary N) is 1. The molecule has 3 N–H and O–H groups in total. The summed E-state index contributed by atoms with van der Waals surface area (Å²) in [6, 6.07) is 15.9. The number of benzene rings is 2. The predicted octanol–water partition coefficient (Wildman–Crippen LogP) is 2.65. The Labute approximate surface area is 141 Å². The van der Waals surface area contributed by atoms with E-state index in [1.54, 1.807) is 0 Å². The minimum absolute atomic E-state index is 0.161. The summed E-state index contributed by atoms with van der Waals surface area (Å²) in [4.78, 5) is 23.8. The van der Waals surface area contributed by atoms with Gasteiger partial charge in [-0.3, -0.25) is 9.59 Å². The molecule has 0 heterocycles. The van der Waals surface area contributed by atoms with Gasteiger partial charge in [-0.05, 0) is 29.7 Å². The van der Waals surface area contributed by atoms with Crippen molar-refractivity contribution in [1.82, 2.24) is 0 Å². The van der Waals surface area contributed by atoms with E-state index in [9.17, 15) is 9.59 Å². The number of nitrogens with one attached hydrogen (secondary N) is 1. The highest BCUT2D eigenvalue weighted by Gasteiger charge is 2.18. The van der Waals surface area contributed by atoms with Crippen LogP contribution in [-0.2, 0) is 27.4 Å². The second kappa shape index (κ2) is 8.84. The van der Waals surface area contributed by atoms with E-state index in [1.165, 1.54) is 5.56 Å². The van der Waals surface area contributed by atoms with Crippen molar-refractivity contribution < 1.29 is 14.3 Å². The van der Waals surface area contributed by atoms with E-state index >= 15 is 0 Å². The van der Waals surface area contributed by atoms with Crippen molar-refractivity contribution in [3.63, 3.8) is 0 Å². The van der Waals surface area contributed by atoms with E-state index in [2.05, 4.69) is 12.2 Å². The maximum atomic E-state index is 12.0. The molecule has 1 amide bonds. The topological polar surface area (TPSA) is 81.4 Å². The lowest BCUT2D eigenvalue weighted by molar-refractivity contribution is -0.146. The average molecular weight is 326 g/mol. The number of amides is 1. The summed E-state index contributed by atoms with van der Waals surface area (Å²) in [6.45, 7) is 2.23. The summed E-state index contributed by atoms with van der Waals surface area (Å²) < 4.78 is 5.13. The van der Waals surface area contributed by atoms with Gasteiger partial charge in [0.1, 0.15) is 6.61 Å². The molecule has 1 atom stereocenters. The molecule has 0 bridgehead atoms. The minimum atomic E-state index is -0.945. The lowest BCUT2D eigenvalue weighted by Crippen LogP contribution is -2.37. The molecule has 0 aliphatic heterocycles. The van der Waals surface area contributed by atoms with Crippen molar-refractivity contribution in [2.24, 2.45) is 5.73 Å². The highest BCUT2D eigenvalue weighted by molar-refractivity contribution is 5.96. The Morgan fingerprint density at radius 3 is 2.33 bits per heavy atom. The summed E-state index contributed by atoms with van der Waals surface area (Å²) in [6.07, 6.45) is 0.771. The van der Waals surface area contributed by atoms with Gasteiger partial charge < -0.3 is 15.8 Å². The first-order valence-electron chi connectivity index (χ1n) is 7.93. The highest BCUT2D eigenvalue weighted by Crippen LogP contribution is 2.11. The molecule has 5 nitrogen and oxygen atoms in total. The molecule has 24 heavy (non-hydrogen) atoms. The Morgan fingerprint density at radius 2 is 1.71 bits per heavy atom. The molecule has 0 saturated carbocycles. The molecule has 2 aromatic carbocycles. The summed E-state index contributed by atoms with van der Waals surface area (Å²) in [5.41, 5.74) is 8.51. The monoisotopic (exact) mass is 326 g/mol. The first-order chi connectivity index (χ1) is 11.6. The number of esters is 1. The van der Waals surface area contributed by atoms with Crippen LogP contribution >= 0.6 is 0 Å². The molecule has 0 spiro atoms.